The van der Waals surface area contributed by atoms with E-state index in [1.54, 1.807) is 0 Å². The molecule has 0 rings (SSSR count). The third-order valence-corrected chi connectivity index (χ3v) is 11.9. The summed E-state index contributed by atoms with van der Waals surface area (Å²) in [6, 6.07) is 0. The van der Waals surface area contributed by atoms with Gasteiger partial charge in [-0.25, -0.2) is 0 Å². The Morgan fingerprint density at radius 2 is 0.582 bits per heavy atom. The molecule has 0 saturated heterocycles. The van der Waals surface area contributed by atoms with Gasteiger partial charge in [0.1, 0.15) is 13.2 Å². The Hall–Kier alpha value is -3.41. The lowest BCUT2D eigenvalue weighted by Crippen LogP contribution is -2.30. The summed E-state index contributed by atoms with van der Waals surface area (Å²) >= 11 is 0. The van der Waals surface area contributed by atoms with Gasteiger partial charge in [-0.1, -0.05) is 234 Å². The van der Waals surface area contributed by atoms with E-state index < -0.39 is 6.10 Å². The Labute approximate surface area is 414 Å². The minimum Gasteiger partial charge on any atom is -0.462 e. The Bertz CT molecular complexity index is 1300. The first kappa shape index (κ1) is 63.6. The molecule has 0 fully saturated rings. The third-order valence-electron chi connectivity index (χ3n) is 11.9. The van der Waals surface area contributed by atoms with Crippen molar-refractivity contribution in [3.63, 3.8) is 0 Å². The Balaban J connectivity index is 4.23. The van der Waals surface area contributed by atoms with Crippen LogP contribution in [0, 0.1) is 0 Å². The maximum atomic E-state index is 12.8. The molecule has 384 valence electrons. The molecule has 0 spiro atoms. The third kappa shape index (κ3) is 53.4. The van der Waals surface area contributed by atoms with Gasteiger partial charge in [0.25, 0.3) is 0 Å². The highest BCUT2D eigenvalue weighted by Gasteiger charge is 2.19. The Kier molecular flexibility index (Phi) is 52.4. The summed E-state index contributed by atoms with van der Waals surface area (Å²) in [7, 11) is 0. The number of unbranched alkanes of at least 4 members (excludes halogenated alkanes) is 25. The van der Waals surface area contributed by atoms with Crippen LogP contribution < -0.4 is 0 Å². The van der Waals surface area contributed by atoms with Crippen LogP contribution >= 0.6 is 0 Å². The molecule has 0 amide bonds. The van der Waals surface area contributed by atoms with E-state index >= 15 is 0 Å². The number of carbonyl (C=O) groups excluding carboxylic acids is 3. The maximum Gasteiger partial charge on any atom is 0.306 e. The van der Waals surface area contributed by atoms with Crippen LogP contribution in [-0.4, -0.2) is 37.2 Å². The van der Waals surface area contributed by atoms with Gasteiger partial charge in [-0.2, -0.15) is 0 Å². The second kappa shape index (κ2) is 55.2. The number of rotatable bonds is 50. The van der Waals surface area contributed by atoms with Crippen LogP contribution in [0.1, 0.15) is 265 Å². The lowest BCUT2D eigenvalue weighted by Gasteiger charge is -2.18. The molecule has 0 radical (unpaired) electrons. The van der Waals surface area contributed by atoms with Crippen LogP contribution in [0.5, 0.6) is 0 Å². The summed E-state index contributed by atoms with van der Waals surface area (Å²) in [6.07, 6.45) is 71.5. The summed E-state index contributed by atoms with van der Waals surface area (Å²) < 4.78 is 16.8. The number of carbonyl (C=O) groups is 3. The summed E-state index contributed by atoms with van der Waals surface area (Å²) in [4.78, 5) is 38.0. The Morgan fingerprint density at radius 3 is 0.940 bits per heavy atom. The lowest BCUT2D eigenvalue weighted by atomic mass is 10.1. The molecule has 0 bridgehead atoms. The predicted molar refractivity (Wildman–Crippen MR) is 288 cm³/mol. The quantitative estimate of drug-likeness (QED) is 0.0262. The molecular weight excluding hydrogens is 829 g/mol. The van der Waals surface area contributed by atoms with Crippen molar-refractivity contribution in [2.24, 2.45) is 0 Å². The van der Waals surface area contributed by atoms with Gasteiger partial charge in [-0.05, 0) is 96.3 Å². The van der Waals surface area contributed by atoms with Crippen molar-refractivity contribution in [2.75, 3.05) is 13.2 Å². The molecule has 0 saturated carbocycles. The van der Waals surface area contributed by atoms with Gasteiger partial charge in [0.05, 0.1) is 0 Å². The molecule has 0 aromatic heterocycles. The number of ether oxygens (including phenoxy) is 3. The Morgan fingerprint density at radius 1 is 0.313 bits per heavy atom. The van der Waals surface area contributed by atoms with Crippen LogP contribution in [0.3, 0.4) is 0 Å². The number of esters is 3. The summed E-state index contributed by atoms with van der Waals surface area (Å²) in [5, 5.41) is 0. The van der Waals surface area contributed by atoms with Gasteiger partial charge >= 0.3 is 17.9 Å². The van der Waals surface area contributed by atoms with Gasteiger partial charge in [-0.3, -0.25) is 14.4 Å². The molecule has 0 heterocycles. The summed E-state index contributed by atoms with van der Waals surface area (Å²) in [5.41, 5.74) is 0. The average Bonchev–Trinajstić information content (AvgIpc) is 3.33. The van der Waals surface area contributed by atoms with Gasteiger partial charge < -0.3 is 14.2 Å². The molecule has 6 nitrogen and oxygen atoms in total. The van der Waals surface area contributed by atoms with Crippen molar-refractivity contribution in [3.05, 3.63) is 85.1 Å². The summed E-state index contributed by atoms with van der Waals surface area (Å²) in [5.74, 6) is -0.898. The van der Waals surface area contributed by atoms with Gasteiger partial charge in [0.2, 0.25) is 0 Å². The van der Waals surface area contributed by atoms with Crippen LogP contribution in [0.2, 0.25) is 0 Å². The topological polar surface area (TPSA) is 78.9 Å². The largest absolute Gasteiger partial charge is 0.462 e. The molecular formula is C61H104O6. The molecule has 0 aromatic rings. The average molecular weight is 933 g/mol. The minimum atomic E-state index is -0.781. The first-order chi connectivity index (χ1) is 33.0. The van der Waals surface area contributed by atoms with Crippen molar-refractivity contribution < 1.29 is 28.6 Å². The second-order valence-corrected chi connectivity index (χ2v) is 18.5. The van der Waals surface area contributed by atoms with E-state index in [4.69, 9.17) is 14.2 Å². The molecule has 0 aliphatic carbocycles. The molecule has 0 aliphatic rings. The SMILES string of the molecule is CC/C=C\C/C=C\C/C=C\C/C=C\C/C=C\C/C=C\CCCCCCCCCCC(=O)OCC(COC(=O)CCCCCCCCCCC)OC(=O)CCCCCCC/C=C\CCCCCC. The monoisotopic (exact) mass is 933 g/mol. The van der Waals surface area contributed by atoms with Gasteiger partial charge in [-0.15, -0.1) is 0 Å². The van der Waals surface area contributed by atoms with Crippen molar-refractivity contribution in [3.8, 4) is 0 Å². The molecule has 0 N–H and O–H groups in total. The fourth-order valence-electron chi connectivity index (χ4n) is 7.68. The van der Waals surface area contributed by atoms with Crippen LogP contribution in [-0.2, 0) is 28.6 Å². The molecule has 1 atom stereocenters. The number of hydrogen-bond donors (Lipinski definition) is 0. The highest BCUT2D eigenvalue weighted by molar-refractivity contribution is 5.71. The fraction of sp³-hybridized carbons (Fsp3) is 0.721. The molecule has 1 unspecified atom stereocenters. The van der Waals surface area contributed by atoms with Crippen molar-refractivity contribution in [2.45, 2.75) is 271 Å². The zero-order valence-electron chi connectivity index (χ0n) is 43.9. The van der Waals surface area contributed by atoms with E-state index in [-0.39, 0.29) is 31.1 Å². The van der Waals surface area contributed by atoms with Crippen LogP contribution in [0.25, 0.3) is 0 Å². The second-order valence-electron chi connectivity index (χ2n) is 18.5. The zero-order chi connectivity index (χ0) is 48.6. The van der Waals surface area contributed by atoms with Crippen molar-refractivity contribution in [1.29, 1.82) is 0 Å². The van der Waals surface area contributed by atoms with Gasteiger partial charge in [0.15, 0.2) is 6.10 Å². The van der Waals surface area contributed by atoms with E-state index in [1.165, 1.54) is 109 Å². The highest BCUT2D eigenvalue weighted by Crippen LogP contribution is 2.15. The van der Waals surface area contributed by atoms with Gasteiger partial charge in [0, 0.05) is 19.3 Å². The van der Waals surface area contributed by atoms with E-state index in [0.29, 0.717) is 19.3 Å². The van der Waals surface area contributed by atoms with Crippen molar-refractivity contribution >= 4 is 17.9 Å². The first-order valence-electron chi connectivity index (χ1n) is 28.1. The zero-order valence-corrected chi connectivity index (χ0v) is 43.9. The van der Waals surface area contributed by atoms with E-state index in [1.807, 2.05) is 0 Å². The smallest absolute Gasteiger partial charge is 0.306 e. The first-order valence-corrected chi connectivity index (χ1v) is 28.1. The summed E-state index contributed by atoms with van der Waals surface area (Å²) in [6.45, 7) is 6.48. The van der Waals surface area contributed by atoms with E-state index in [2.05, 4.69) is 106 Å². The molecule has 6 heteroatoms. The standard InChI is InChI=1S/C61H104O6/c1-4-7-10-13-16-19-21-23-24-25-26-27-28-29-30-31-32-33-34-35-36-38-39-42-45-48-51-54-60(63)66-57-58(56-65-59(62)53-50-47-44-41-18-15-12-9-6-3)67-61(64)55-52-49-46-43-40-37-22-20-17-14-11-8-5-2/h7,10,16,19-20,22-24,26-27,29-30,32-33,58H,4-6,8-9,11-15,17-18,21,25,28,31,34-57H2,1-3H3/b10-7-,19-16-,22-20-,24-23-,27-26-,30-29-,33-32-. The number of allylic oxidation sites excluding steroid dienone is 14. The number of hydrogen-bond acceptors (Lipinski definition) is 6. The predicted octanol–water partition coefficient (Wildman–Crippen LogP) is 18.8. The lowest BCUT2D eigenvalue weighted by molar-refractivity contribution is -0.167. The highest BCUT2D eigenvalue weighted by atomic mass is 16.6. The van der Waals surface area contributed by atoms with Crippen molar-refractivity contribution in [1.82, 2.24) is 0 Å². The normalized spacial score (nSPS) is 12.7. The van der Waals surface area contributed by atoms with E-state index in [9.17, 15) is 14.4 Å². The molecule has 0 aromatic carbocycles. The maximum absolute atomic E-state index is 12.8. The van der Waals surface area contributed by atoms with E-state index in [0.717, 1.165) is 116 Å². The van der Waals surface area contributed by atoms with Crippen LogP contribution in [0.4, 0.5) is 0 Å². The fourth-order valence-corrected chi connectivity index (χ4v) is 7.68. The molecule has 67 heavy (non-hydrogen) atoms. The minimum absolute atomic E-state index is 0.0806. The molecule has 0 aliphatic heterocycles. The van der Waals surface area contributed by atoms with Crippen LogP contribution in [0.15, 0.2) is 85.1 Å².